The van der Waals surface area contributed by atoms with E-state index in [1.165, 1.54) is 49.8 Å². The Kier molecular flexibility index (Phi) is 7.22. The summed E-state index contributed by atoms with van der Waals surface area (Å²) in [6, 6.07) is 51.5. The van der Waals surface area contributed by atoms with Gasteiger partial charge in [-0.3, -0.25) is 9.13 Å². The Hall–Kier alpha value is -6.92. The summed E-state index contributed by atoms with van der Waals surface area (Å²) in [4.78, 5) is 10.2. The van der Waals surface area contributed by atoms with Gasteiger partial charge in [-0.05, 0) is 72.8 Å². The number of hydrogen-bond acceptors (Lipinski definition) is 2. The number of rotatable bonds is 4. The normalized spacial score (nSPS) is 11.7. The highest BCUT2D eigenvalue weighted by molar-refractivity contribution is 6.22. The zero-order valence-electron chi connectivity index (χ0n) is 29.6. The summed E-state index contributed by atoms with van der Waals surface area (Å²) in [5.41, 5.74) is 9.05. The average Bonchev–Trinajstić information content (AvgIpc) is 3.99. The maximum atomic E-state index is 5.10. The second kappa shape index (κ2) is 12.4. The van der Waals surface area contributed by atoms with Gasteiger partial charge in [-0.25, -0.2) is 9.97 Å². The molecule has 0 N–H and O–H groups in total. The molecule has 0 saturated heterocycles. The van der Waals surface area contributed by atoms with Crippen molar-refractivity contribution >= 4 is 65.4 Å². The van der Waals surface area contributed by atoms with Gasteiger partial charge in [-0.15, -0.1) is 0 Å². The van der Waals surface area contributed by atoms with E-state index in [1.807, 2.05) is 12.4 Å². The van der Waals surface area contributed by atoms with Crippen molar-refractivity contribution < 1.29 is 0 Å². The second-order valence-electron chi connectivity index (χ2n) is 13.5. The zero-order chi connectivity index (χ0) is 35.5. The minimum Gasteiger partial charge on any atom is -0.317 e. The van der Waals surface area contributed by atoms with Crippen LogP contribution >= 0.6 is 0 Å². The number of benzene rings is 6. The van der Waals surface area contributed by atoms with E-state index in [2.05, 4.69) is 190 Å². The van der Waals surface area contributed by atoms with Gasteiger partial charge in [0.25, 0.3) is 0 Å². The highest BCUT2D eigenvalue weighted by Crippen LogP contribution is 2.39. The third kappa shape index (κ3) is 4.72. The summed E-state index contributed by atoms with van der Waals surface area (Å²) >= 11 is 0. The van der Waals surface area contributed by atoms with Gasteiger partial charge in [0.2, 0.25) is 0 Å². The van der Waals surface area contributed by atoms with Crippen LogP contribution in [0.4, 0.5) is 0 Å². The lowest BCUT2D eigenvalue weighted by molar-refractivity contribution is 0.989. The molecule has 11 rings (SSSR count). The molecular formula is C47H36N6. The van der Waals surface area contributed by atoms with Gasteiger partial charge in [-0.2, -0.15) is 0 Å². The van der Waals surface area contributed by atoms with Crippen molar-refractivity contribution in [3.05, 3.63) is 170 Å². The van der Waals surface area contributed by atoms with Crippen LogP contribution in [0.25, 0.3) is 88.4 Å². The fourth-order valence-electron chi connectivity index (χ4n) is 8.04. The molecule has 0 unspecified atom stereocenters. The first-order chi connectivity index (χ1) is 26.2. The molecule has 0 atom stereocenters. The Balaban J connectivity index is 0.00000113. The van der Waals surface area contributed by atoms with Crippen LogP contribution in [0.1, 0.15) is 20.3 Å². The SMILES string of the molecule is CCC.c1ccc(-n2ccc3c4c5ccccc5n(-c5cnc(-n6c7ccccc7c7c8ccn(-c9ccccc9)c8ccc76)cn5)c4ccc32)cc1. The van der Waals surface area contributed by atoms with Gasteiger partial charge in [0.05, 0.1) is 45.5 Å². The minimum atomic E-state index is 0.782. The standard InChI is InChI=1S/C44H28N6.C3H8/c1-3-11-29(12-4-1)47-25-23-33-35(47)19-21-39-43(33)31-15-7-9-17-37(31)49(39)41-27-46-42(28-45-41)50-38-18-10-8-16-32(38)44-34-24-26-48(30-13-5-2-6-14-30)36(34)20-22-40(44)50;1-3-2/h1-28H;3H2,1-2H3. The largest absolute Gasteiger partial charge is 0.317 e. The van der Waals surface area contributed by atoms with Crippen molar-refractivity contribution in [2.45, 2.75) is 20.3 Å². The Bertz CT molecular complexity index is 2880. The number of fused-ring (bicyclic) bond motifs is 10. The molecule has 0 radical (unpaired) electrons. The highest BCUT2D eigenvalue weighted by atomic mass is 15.1. The van der Waals surface area contributed by atoms with Gasteiger partial charge in [-0.1, -0.05) is 93.1 Å². The van der Waals surface area contributed by atoms with Crippen molar-refractivity contribution in [1.29, 1.82) is 0 Å². The van der Waals surface area contributed by atoms with Gasteiger partial charge in [0, 0.05) is 56.1 Å². The van der Waals surface area contributed by atoms with Crippen LogP contribution in [-0.4, -0.2) is 28.2 Å². The lowest BCUT2D eigenvalue weighted by atomic mass is 10.1. The van der Waals surface area contributed by atoms with Gasteiger partial charge in [0.1, 0.15) is 0 Å². The van der Waals surface area contributed by atoms with Crippen molar-refractivity contribution in [3.63, 3.8) is 0 Å². The van der Waals surface area contributed by atoms with E-state index in [9.17, 15) is 0 Å². The molecule has 0 aliphatic heterocycles. The number of para-hydroxylation sites is 4. The van der Waals surface area contributed by atoms with E-state index in [-0.39, 0.29) is 0 Å². The van der Waals surface area contributed by atoms with Crippen LogP contribution in [0.15, 0.2) is 170 Å². The van der Waals surface area contributed by atoms with Crippen LogP contribution < -0.4 is 0 Å². The molecule has 11 aromatic rings. The third-order valence-electron chi connectivity index (χ3n) is 10.2. The molecule has 5 aromatic heterocycles. The molecule has 53 heavy (non-hydrogen) atoms. The summed E-state index contributed by atoms with van der Waals surface area (Å²) in [6.45, 7) is 4.25. The molecular weight excluding hydrogens is 649 g/mol. The average molecular weight is 685 g/mol. The monoisotopic (exact) mass is 684 g/mol. The van der Waals surface area contributed by atoms with E-state index in [1.54, 1.807) is 0 Å². The molecule has 0 spiro atoms. The van der Waals surface area contributed by atoms with E-state index in [0.29, 0.717) is 0 Å². The van der Waals surface area contributed by atoms with Crippen LogP contribution in [0.2, 0.25) is 0 Å². The van der Waals surface area contributed by atoms with E-state index < -0.39 is 0 Å². The summed E-state index contributed by atoms with van der Waals surface area (Å²) in [6.07, 6.45) is 9.39. The fourth-order valence-corrected chi connectivity index (χ4v) is 8.04. The Morgan fingerprint density at radius 3 is 1.15 bits per heavy atom. The predicted molar refractivity (Wildman–Crippen MR) is 220 cm³/mol. The molecule has 6 heteroatoms. The zero-order valence-corrected chi connectivity index (χ0v) is 29.6. The predicted octanol–water partition coefficient (Wildman–Crippen LogP) is 12.0. The lowest BCUT2D eigenvalue weighted by Gasteiger charge is -2.10. The van der Waals surface area contributed by atoms with E-state index >= 15 is 0 Å². The molecule has 0 aliphatic carbocycles. The van der Waals surface area contributed by atoms with Crippen LogP contribution in [0, 0.1) is 0 Å². The van der Waals surface area contributed by atoms with Gasteiger partial charge >= 0.3 is 0 Å². The lowest BCUT2D eigenvalue weighted by Crippen LogP contribution is -2.03. The molecule has 0 fully saturated rings. The first-order valence-corrected chi connectivity index (χ1v) is 18.2. The fraction of sp³-hybridized carbons (Fsp3) is 0.0638. The van der Waals surface area contributed by atoms with Crippen LogP contribution in [0.5, 0.6) is 0 Å². The summed E-state index contributed by atoms with van der Waals surface area (Å²) in [5, 5.41) is 7.24. The molecule has 0 bridgehead atoms. The van der Waals surface area contributed by atoms with Crippen LogP contribution in [-0.2, 0) is 0 Å². The molecule has 5 heterocycles. The smallest absolute Gasteiger partial charge is 0.156 e. The molecule has 6 nitrogen and oxygen atoms in total. The molecule has 6 aromatic carbocycles. The summed E-state index contributed by atoms with van der Waals surface area (Å²) < 4.78 is 8.99. The van der Waals surface area contributed by atoms with Crippen molar-refractivity contribution in [3.8, 4) is 23.0 Å². The summed E-state index contributed by atoms with van der Waals surface area (Å²) in [7, 11) is 0. The molecule has 0 aliphatic rings. The van der Waals surface area contributed by atoms with Crippen LogP contribution in [0.3, 0.4) is 0 Å². The maximum Gasteiger partial charge on any atom is 0.156 e. The topological polar surface area (TPSA) is 45.5 Å². The number of aromatic nitrogens is 6. The van der Waals surface area contributed by atoms with Crippen molar-refractivity contribution in [2.75, 3.05) is 0 Å². The Morgan fingerprint density at radius 2 is 0.736 bits per heavy atom. The van der Waals surface area contributed by atoms with E-state index in [0.717, 1.165) is 45.1 Å². The van der Waals surface area contributed by atoms with Crippen molar-refractivity contribution in [2.24, 2.45) is 0 Å². The van der Waals surface area contributed by atoms with E-state index in [4.69, 9.17) is 9.97 Å². The molecule has 0 saturated carbocycles. The molecule has 254 valence electrons. The maximum absolute atomic E-state index is 5.10. The van der Waals surface area contributed by atoms with Gasteiger partial charge in [0.15, 0.2) is 11.6 Å². The Morgan fingerprint density at radius 1 is 0.377 bits per heavy atom. The Labute approximate surface area is 306 Å². The van der Waals surface area contributed by atoms with Crippen molar-refractivity contribution in [1.82, 2.24) is 28.2 Å². The highest BCUT2D eigenvalue weighted by Gasteiger charge is 2.20. The quantitative estimate of drug-likeness (QED) is 0.185. The number of nitrogens with zero attached hydrogens (tertiary/aromatic N) is 6. The third-order valence-corrected chi connectivity index (χ3v) is 10.2. The first-order valence-electron chi connectivity index (χ1n) is 18.2. The summed E-state index contributed by atoms with van der Waals surface area (Å²) in [5.74, 6) is 1.56. The molecule has 0 amide bonds. The van der Waals surface area contributed by atoms with Gasteiger partial charge < -0.3 is 9.13 Å². The second-order valence-corrected chi connectivity index (χ2v) is 13.5. The minimum absolute atomic E-state index is 0.782. The number of hydrogen-bond donors (Lipinski definition) is 0. The first kappa shape index (κ1) is 30.9.